The van der Waals surface area contributed by atoms with Crippen LogP contribution < -0.4 is 10.5 Å². The lowest BCUT2D eigenvalue weighted by Crippen LogP contribution is -2.23. The van der Waals surface area contributed by atoms with Crippen LogP contribution in [0.25, 0.3) is 0 Å². The summed E-state index contributed by atoms with van der Waals surface area (Å²) in [6.07, 6.45) is -3.78. The Bertz CT molecular complexity index is 900. The molecule has 0 aliphatic carbocycles. The summed E-state index contributed by atoms with van der Waals surface area (Å²) in [5.41, 5.74) is -0.645. The lowest BCUT2D eigenvalue weighted by molar-refractivity contribution is -0.137. The molecule has 1 atom stereocenters. The molecule has 0 saturated heterocycles. The largest absolute Gasteiger partial charge is 0.417 e. The number of primary sulfonamides is 1. The van der Waals surface area contributed by atoms with Crippen molar-refractivity contribution in [1.82, 2.24) is 4.98 Å². The average molecular weight is 405 g/mol. The molecule has 0 fully saturated rings. The van der Waals surface area contributed by atoms with Crippen LogP contribution in [0.15, 0.2) is 52.5 Å². The number of hydrogen-bond donors (Lipinski definition) is 2. The van der Waals surface area contributed by atoms with Crippen molar-refractivity contribution in [3.8, 4) is 0 Å². The molecular weight excluding hydrogens is 391 g/mol. The van der Waals surface area contributed by atoms with E-state index in [9.17, 15) is 26.4 Å². The second-order valence-electron chi connectivity index (χ2n) is 5.21. The lowest BCUT2D eigenvalue weighted by Gasteiger charge is -2.12. The number of thioether (sulfide) groups is 1. The van der Waals surface area contributed by atoms with Crippen LogP contribution in [0.1, 0.15) is 12.5 Å². The number of nitrogens with two attached hydrogens (primary N) is 1. The van der Waals surface area contributed by atoms with E-state index in [0.29, 0.717) is 6.20 Å². The summed E-state index contributed by atoms with van der Waals surface area (Å²) in [7, 11) is -3.90. The van der Waals surface area contributed by atoms with Gasteiger partial charge in [-0.2, -0.15) is 13.2 Å². The normalized spacial score (nSPS) is 13.3. The number of carbonyl (C=O) groups excluding carboxylic acids is 1. The van der Waals surface area contributed by atoms with Gasteiger partial charge in [-0.15, -0.1) is 0 Å². The Hall–Kier alpha value is -2.11. The second-order valence-corrected chi connectivity index (χ2v) is 8.13. The van der Waals surface area contributed by atoms with Gasteiger partial charge in [0, 0.05) is 11.9 Å². The van der Waals surface area contributed by atoms with Gasteiger partial charge >= 0.3 is 6.18 Å². The van der Waals surface area contributed by atoms with Gasteiger partial charge in [0.1, 0.15) is 0 Å². The molecule has 0 aliphatic rings. The second kappa shape index (κ2) is 7.64. The molecule has 0 spiro atoms. The van der Waals surface area contributed by atoms with E-state index in [0.717, 1.165) is 17.8 Å². The highest BCUT2D eigenvalue weighted by atomic mass is 32.2. The Labute approximate surface area is 152 Å². The standard InChI is InChI=1S/C15H14F3N3O3S2/c1-9(25-13-6-5-10(8-20-13)15(16,17)18)14(22)21-11-3-2-4-12(7-11)26(19,23)24/h2-9H,1H3,(H,21,22)(H2,19,23,24). The molecule has 26 heavy (non-hydrogen) atoms. The molecule has 140 valence electrons. The van der Waals surface area contributed by atoms with Crippen molar-refractivity contribution < 1.29 is 26.4 Å². The number of alkyl halides is 3. The fraction of sp³-hybridized carbons (Fsp3) is 0.200. The van der Waals surface area contributed by atoms with E-state index in [1.807, 2.05) is 0 Å². The first-order valence-electron chi connectivity index (χ1n) is 7.10. The third kappa shape index (κ3) is 5.44. The van der Waals surface area contributed by atoms with E-state index in [4.69, 9.17) is 5.14 Å². The van der Waals surface area contributed by atoms with Crippen molar-refractivity contribution in [2.45, 2.75) is 28.3 Å². The maximum absolute atomic E-state index is 12.5. The number of sulfonamides is 1. The highest BCUT2D eigenvalue weighted by molar-refractivity contribution is 8.00. The first-order chi connectivity index (χ1) is 12.0. The van der Waals surface area contributed by atoms with Crippen LogP contribution in [-0.2, 0) is 21.0 Å². The van der Waals surface area contributed by atoms with Crippen LogP contribution in [0.2, 0.25) is 0 Å². The summed E-state index contributed by atoms with van der Waals surface area (Å²) in [6.45, 7) is 1.54. The molecule has 0 aliphatic heterocycles. The van der Waals surface area contributed by atoms with E-state index < -0.39 is 32.9 Å². The maximum atomic E-state index is 12.5. The molecule has 3 N–H and O–H groups in total. The molecule has 11 heteroatoms. The quantitative estimate of drug-likeness (QED) is 0.745. The third-order valence-corrected chi connectivity index (χ3v) is 5.12. The maximum Gasteiger partial charge on any atom is 0.417 e. The number of halogens is 3. The zero-order valence-electron chi connectivity index (χ0n) is 13.3. The number of benzene rings is 1. The van der Waals surface area contributed by atoms with Gasteiger partial charge in [0.05, 0.1) is 20.7 Å². The van der Waals surface area contributed by atoms with Crippen LogP contribution in [0.3, 0.4) is 0 Å². The SMILES string of the molecule is CC(Sc1ccc(C(F)(F)F)cn1)C(=O)Nc1cccc(S(N)(=O)=O)c1. The van der Waals surface area contributed by atoms with Crippen molar-refractivity contribution in [2.24, 2.45) is 5.14 Å². The fourth-order valence-corrected chi connectivity index (χ4v) is 3.19. The molecular formula is C15H14F3N3O3S2. The van der Waals surface area contributed by atoms with Crippen LogP contribution >= 0.6 is 11.8 Å². The van der Waals surface area contributed by atoms with Crippen molar-refractivity contribution >= 4 is 33.4 Å². The van der Waals surface area contributed by atoms with E-state index in [2.05, 4.69) is 10.3 Å². The molecule has 2 aromatic rings. The zero-order valence-corrected chi connectivity index (χ0v) is 15.0. The van der Waals surface area contributed by atoms with Crippen LogP contribution in [-0.4, -0.2) is 24.6 Å². The molecule has 2 rings (SSSR count). The lowest BCUT2D eigenvalue weighted by atomic mass is 10.3. The van der Waals surface area contributed by atoms with Crippen LogP contribution in [0.5, 0.6) is 0 Å². The highest BCUT2D eigenvalue weighted by Crippen LogP contribution is 2.30. The van der Waals surface area contributed by atoms with Crippen LogP contribution in [0.4, 0.5) is 18.9 Å². The topological polar surface area (TPSA) is 102 Å². The Morgan fingerprint density at radius 1 is 1.27 bits per heavy atom. The Morgan fingerprint density at radius 3 is 2.50 bits per heavy atom. The number of pyridine rings is 1. The average Bonchev–Trinajstić information content (AvgIpc) is 2.54. The van der Waals surface area contributed by atoms with Gasteiger partial charge in [-0.3, -0.25) is 4.79 Å². The van der Waals surface area contributed by atoms with E-state index in [1.165, 1.54) is 30.3 Å². The van der Waals surface area contributed by atoms with Gasteiger partial charge in [-0.25, -0.2) is 18.5 Å². The first kappa shape index (κ1) is 20.2. The molecule has 1 heterocycles. The minimum Gasteiger partial charge on any atom is -0.325 e. The highest BCUT2D eigenvalue weighted by Gasteiger charge is 2.30. The van der Waals surface area contributed by atoms with Crippen molar-refractivity contribution in [3.05, 3.63) is 48.2 Å². The molecule has 6 nitrogen and oxygen atoms in total. The Kier molecular flexibility index (Phi) is 5.94. The summed E-state index contributed by atoms with van der Waals surface area (Å²) in [5.74, 6) is -0.469. The number of nitrogens with one attached hydrogen (secondary N) is 1. The van der Waals surface area contributed by atoms with E-state index >= 15 is 0 Å². The van der Waals surface area contributed by atoms with Gasteiger partial charge in [0.15, 0.2) is 0 Å². The minimum absolute atomic E-state index is 0.153. The Morgan fingerprint density at radius 2 is 1.96 bits per heavy atom. The number of nitrogens with zero attached hydrogens (tertiary/aromatic N) is 1. The number of carbonyl (C=O) groups is 1. The smallest absolute Gasteiger partial charge is 0.325 e. The summed E-state index contributed by atoms with van der Waals surface area (Å²) >= 11 is 0.967. The molecule has 1 aromatic carbocycles. The van der Waals surface area contributed by atoms with E-state index in [1.54, 1.807) is 6.92 Å². The first-order valence-corrected chi connectivity index (χ1v) is 9.53. The predicted molar refractivity (Wildman–Crippen MR) is 91.0 cm³/mol. The van der Waals surface area contributed by atoms with Gasteiger partial charge in [-0.05, 0) is 37.3 Å². The molecule has 1 amide bonds. The van der Waals surface area contributed by atoms with Gasteiger partial charge in [-0.1, -0.05) is 17.8 Å². The summed E-state index contributed by atoms with van der Waals surface area (Å²) in [5, 5.41) is 7.12. The van der Waals surface area contributed by atoms with Crippen LogP contribution in [0, 0.1) is 0 Å². The van der Waals surface area contributed by atoms with Gasteiger partial charge in [0.2, 0.25) is 15.9 Å². The third-order valence-electron chi connectivity index (χ3n) is 3.16. The molecule has 0 bridgehead atoms. The molecule has 0 saturated carbocycles. The molecule has 0 radical (unpaired) electrons. The van der Waals surface area contributed by atoms with Crippen molar-refractivity contribution in [2.75, 3.05) is 5.32 Å². The summed E-state index contributed by atoms with van der Waals surface area (Å²) in [6, 6.07) is 7.47. The predicted octanol–water partition coefficient (Wildman–Crippen LogP) is 2.87. The summed E-state index contributed by atoms with van der Waals surface area (Å²) in [4.78, 5) is 15.7. The number of anilines is 1. The number of amides is 1. The minimum atomic E-state index is -4.48. The van der Waals surface area contributed by atoms with Gasteiger partial charge < -0.3 is 5.32 Å². The molecule has 1 unspecified atom stereocenters. The number of hydrogen-bond acceptors (Lipinski definition) is 5. The monoisotopic (exact) mass is 405 g/mol. The fourth-order valence-electron chi connectivity index (χ4n) is 1.85. The number of aromatic nitrogens is 1. The Balaban J connectivity index is 2.04. The van der Waals surface area contributed by atoms with Crippen molar-refractivity contribution in [3.63, 3.8) is 0 Å². The summed E-state index contributed by atoms with van der Waals surface area (Å²) < 4.78 is 60.2. The zero-order chi connectivity index (χ0) is 19.5. The molecule has 1 aromatic heterocycles. The van der Waals surface area contributed by atoms with Crippen molar-refractivity contribution in [1.29, 1.82) is 0 Å². The van der Waals surface area contributed by atoms with E-state index in [-0.39, 0.29) is 15.6 Å². The van der Waals surface area contributed by atoms with Gasteiger partial charge in [0.25, 0.3) is 0 Å². The number of rotatable bonds is 5.